The summed E-state index contributed by atoms with van der Waals surface area (Å²) in [5, 5.41) is 11.5. The standard InChI is InChI=1S/C21H22N4O4S/c1-13(2)28-17-7-5-6-16(11-17)20-23-24-21(30)25(20)22-12-15-8-9-18(29-14(3)26)19(10-15)27-4/h5-13H,1-4H3,(H,24,30)/b22-12-. The average molecular weight is 426 g/mol. The Balaban J connectivity index is 1.92. The number of H-pyrrole nitrogens is 1. The highest BCUT2D eigenvalue weighted by atomic mass is 32.1. The van der Waals surface area contributed by atoms with Gasteiger partial charge in [-0.2, -0.15) is 14.9 Å². The van der Waals surface area contributed by atoms with Gasteiger partial charge in [-0.05, 0) is 62.0 Å². The molecule has 0 aliphatic heterocycles. The van der Waals surface area contributed by atoms with Gasteiger partial charge in [-0.25, -0.2) is 5.10 Å². The number of aromatic nitrogens is 3. The van der Waals surface area contributed by atoms with E-state index in [0.717, 1.165) is 16.9 Å². The molecule has 3 rings (SSSR count). The Kier molecular flexibility index (Phi) is 6.63. The summed E-state index contributed by atoms with van der Waals surface area (Å²) in [7, 11) is 1.50. The zero-order valence-electron chi connectivity index (χ0n) is 17.1. The van der Waals surface area contributed by atoms with Gasteiger partial charge in [0.25, 0.3) is 0 Å². The summed E-state index contributed by atoms with van der Waals surface area (Å²) >= 11 is 5.33. The van der Waals surface area contributed by atoms with Crippen LogP contribution in [0.1, 0.15) is 26.3 Å². The van der Waals surface area contributed by atoms with Gasteiger partial charge in [0.2, 0.25) is 4.77 Å². The molecule has 1 aromatic heterocycles. The van der Waals surface area contributed by atoms with Gasteiger partial charge >= 0.3 is 5.97 Å². The fourth-order valence-electron chi connectivity index (χ4n) is 2.69. The number of nitrogens with one attached hydrogen (secondary N) is 1. The van der Waals surface area contributed by atoms with Gasteiger partial charge in [0.1, 0.15) is 5.75 Å². The van der Waals surface area contributed by atoms with Crippen LogP contribution in [0.2, 0.25) is 0 Å². The second-order valence-corrected chi connectivity index (χ2v) is 6.99. The van der Waals surface area contributed by atoms with Gasteiger partial charge in [0.05, 0.1) is 19.4 Å². The van der Waals surface area contributed by atoms with Gasteiger partial charge in [-0.1, -0.05) is 12.1 Å². The summed E-state index contributed by atoms with van der Waals surface area (Å²) in [6, 6.07) is 12.7. The van der Waals surface area contributed by atoms with E-state index < -0.39 is 5.97 Å². The predicted molar refractivity (Wildman–Crippen MR) is 116 cm³/mol. The van der Waals surface area contributed by atoms with Gasteiger partial charge in [-0.15, -0.1) is 0 Å². The lowest BCUT2D eigenvalue weighted by molar-refractivity contribution is -0.132. The van der Waals surface area contributed by atoms with Crippen molar-refractivity contribution in [3.8, 4) is 28.6 Å². The number of methoxy groups -OCH3 is 1. The van der Waals surface area contributed by atoms with Crippen molar-refractivity contribution in [2.45, 2.75) is 26.9 Å². The highest BCUT2D eigenvalue weighted by Gasteiger charge is 2.11. The zero-order valence-corrected chi connectivity index (χ0v) is 17.9. The van der Waals surface area contributed by atoms with Gasteiger partial charge < -0.3 is 14.2 Å². The minimum atomic E-state index is -0.423. The van der Waals surface area contributed by atoms with Gasteiger partial charge in [0, 0.05) is 12.5 Å². The largest absolute Gasteiger partial charge is 0.493 e. The van der Waals surface area contributed by atoms with Crippen LogP contribution >= 0.6 is 12.2 Å². The first kappa shape index (κ1) is 21.3. The maximum absolute atomic E-state index is 11.2. The van der Waals surface area contributed by atoms with Crippen LogP contribution < -0.4 is 14.2 Å². The molecule has 0 amide bonds. The van der Waals surface area contributed by atoms with Crippen molar-refractivity contribution in [1.29, 1.82) is 0 Å². The normalized spacial score (nSPS) is 11.1. The SMILES string of the molecule is COc1cc(/C=N\n2c(-c3cccc(OC(C)C)c3)n[nH]c2=S)ccc1OC(C)=O. The fourth-order valence-corrected chi connectivity index (χ4v) is 2.87. The van der Waals surface area contributed by atoms with Crippen LogP contribution in [-0.4, -0.2) is 40.3 Å². The zero-order chi connectivity index (χ0) is 21.7. The lowest BCUT2D eigenvalue weighted by Gasteiger charge is -2.10. The second-order valence-electron chi connectivity index (χ2n) is 6.61. The molecule has 156 valence electrons. The van der Waals surface area contributed by atoms with Crippen LogP contribution in [0.3, 0.4) is 0 Å². The summed E-state index contributed by atoms with van der Waals surface area (Å²) in [6.45, 7) is 5.26. The molecule has 0 aliphatic rings. The highest BCUT2D eigenvalue weighted by molar-refractivity contribution is 7.71. The molecule has 0 saturated heterocycles. The van der Waals surface area contributed by atoms with Crippen LogP contribution in [-0.2, 0) is 4.79 Å². The van der Waals surface area contributed by atoms with Gasteiger partial charge in [-0.3, -0.25) is 4.79 Å². The third-order valence-electron chi connectivity index (χ3n) is 3.88. The summed E-state index contributed by atoms with van der Waals surface area (Å²) in [6.07, 6.45) is 1.67. The van der Waals surface area contributed by atoms with E-state index in [1.165, 1.54) is 18.7 Å². The van der Waals surface area contributed by atoms with Crippen LogP contribution in [0.25, 0.3) is 11.4 Å². The molecule has 0 saturated carbocycles. The number of aromatic amines is 1. The number of rotatable bonds is 7. The number of carbonyl (C=O) groups excluding carboxylic acids is 1. The molecule has 0 fully saturated rings. The number of esters is 1. The number of benzene rings is 2. The number of carbonyl (C=O) groups is 1. The minimum Gasteiger partial charge on any atom is -0.493 e. The molecule has 8 nitrogen and oxygen atoms in total. The quantitative estimate of drug-likeness (QED) is 0.263. The molecule has 0 atom stereocenters. The Morgan fingerprint density at radius 1 is 1.23 bits per heavy atom. The van der Waals surface area contributed by atoms with E-state index >= 15 is 0 Å². The second kappa shape index (κ2) is 9.36. The maximum Gasteiger partial charge on any atom is 0.308 e. The van der Waals surface area contributed by atoms with E-state index in [-0.39, 0.29) is 6.10 Å². The number of ether oxygens (including phenoxy) is 3. The van der Waals surface area contributed by atoms with E-state index in [4.69, 9.17) is 26.4 Å². The third kappa shape index (κ3) is 5.12. The molecule has 1 heterocycles. The number of hydrogen-bond acceptors (Lipinski definition) is 7. The van der Waals surface area contributed by atoms with Crippen LogP contribution in [0.15, 0.2) is 47.6 Å². The first-order chi connectivity index (χ1) is 14.4. The molecule has 1 N–H and O–H groups in total. The molecule has 30 heavy (non-hydrogen) atoms. The lowest BCUT2D eigenvalue weighted by Crippen LogP contribution is -2.05. The van der Waals surface area contributed by atoms with Crippen molar-refractivity contribution in [3.05, 3.63) is 52.8 Å². The summed E-state index contributed by atoms with van der Waals surface area (Å²) in [5.41, 5.74) is 1.54. The molecular formula is C21H22N4O4S. The summed E-state index contributed by atoms with van der Waals surface area (Å²) < 4.78 is 18.0. The van der Waals surface area contributed by atoms with Crippen molar-refractivity contribution < 1.29 is 19.0 Å². The highest BCUT2D eigenvalue weighted by Crippen LogP contribution is 2.28. The van der Waals surface area contributed by atoms with Crippen molar-refractivity contribution in [2.24, 2.45) is 5.10 Å². The summed E-state index contributed by atoms with van der Waals surface area (Å²) in [5.74, 6) is 1.62. The van der Waals surface area contributed by atoms with E-state index in [1.807, 2.05) is 38.1 Å². The molecule has 0 bridgehead atoms. The fraction of sp³-hybridized carbons (Fsp3) is 0.238. The van der Waals surface area contributed by atoms with E-state index in [2.05, 4.69) is 15.3 Å². The van der Waals surface area contributed by atoms with Crippen molar-refractivity contribution in [1.82, 2.24) is 14.9 Å². The third-order valence-corrected chi connectivity index (χ3v) is 4.14. The first-order valence-electron chi connectivity index (χ1n) is 9.22. The Hall–Kier alpha value is -3.46. The maximum atomic E-state index is 11.2. The molecular weight excluding hydrogens is 404 g/mol. The van der Waals surface area contributed by atoms with Gasteiger partial charge in [0.15, 0.2) is 17.3 Å². The van der Waals surface area contributed by atoms with Crippen molar-refractivity contribution in [3.63, 3.8) is 0 Å². The minimum absolute atomic E-state index is 0.0593. The average Bonchev–Trinajstić information content (AvgIpc) is 3.07. The van der Waals surface area contributed by atoms with E-state index in [0.29, 0.717) is 22.1 Å². The topological polar surface area (TPSA) is 90.7 Å². The lowest BCUT2D eigenvalue weighted by atomic mass is 10.2. The molecule has 0 spiro atoms. The van der Waals surface area contributed by atoms with Crippen LogP contribution in [0.5, 0.6) is 17.2 Å². The number of nitrogens with zero attached hydrogens (tertiary/aromatic N) is 3. The number of hydrogen-bond donors (Lipinski definition) is 1. The molecule has 2 aromatic carbocycles. The Labute approximate surface area is 179 Å². The molecule has 3 aromatic rings. The smallest absolute Gasteiger partial charge is 0.308 e. The molecule has 0 aliphatic carbocycles. The summed E-state index contributed by atoms with van der Waals surface area (Å²) in [4.78, 5) is 11.2. The molecule has 0 radical (unpaired) electrons. The van der Waals surface area contributed by atoms with Crippen LogP contribution in [0, 0.1) is 4.77 Å². The van der Waals surface area contributed by atoms with Crippen molar-refractivity contribution in [2.75, 3.05) is 7.11 Å². The molecule has 0 unspecified atom stereocenters. The Morgan fingerprint density at radius 3 is 2.73 bits per heavy atom. The predicted octanol–water partition coefficient (Wildman–Crippen LogP) is 4.21. The van der Waals surface area contributed by atoms with E-state index in [9.17, 15) is 4.79 Å². The van der Waals surface area contributed by atoms with Crippen molar-refractivity contribution >= 4 is 24.4 Å². The first-order valence-corrected chi connectivity index (χ1v) is 9.63. The Morgan fingerprint density at radius 2 is 2.03 bits per heavy atom. The monoisotopic (exact) mass is 426 g/mol. The molecule has 9 heteroatoms. The Bertz CT molecular complexity index is 1130. The van der Waals surface area contributed by atoms with Crippen LogP contribution in [0.4, 0.5) is 0 Å². The van der Waals surface area contributed by atoms with E-state index in [1.54, 1.807) is 24.4 Å².